The van der Waals surface area contributed by atoms with Crippen LogP contribution in [0.15, 0.2) is 60.7 Å². The van der Waals surface area contributed by atoms with Gasteiger partial charge in [-0.25, -0.2) is 9.97 Å². The second-order valence-electron chi connectivity index (χ2n) is 6.43. The molecule has 2 aromatic carbocycles. The lowest BCUT2D eigenvalue weighted by Crippen LogP contribution is -2.25. The first-order valence-electron chi connectivity index (χ1n) is 9.08. The Morgan fingerprint density at radius 1 is 1.00 bits per heavy atom. The Hall–Kier alpha value is -3.21. The van der Waals surface area contributed by atoms with Gasteiger partial charge >= 0.3 is 0 Å². The molecule has 0 atom stereocenters. The number of anilines is 2. The lowest BCUT2D eigenvalue weighted by Gasteiger charge is -2.22. The molecule has 0 aliphatic heterocycles. The molecule has 3 rings (SSSR count). The summed E-state index contributed by atoms with van der Waals surface area (Å²) >= 11 is 0. The molecule has 0 spiro atoms. The van der Waals surface area contributed by atoms with E-state index in [0.29, 0.717) is 11.5 Å². The number of hydrogen-bond acceptors (Lipinski definition) is 4. The number of para-hydroxylation sites is 1. The quantitative estimate of drug-likeness (QED) is 0.709. The summed E-state index contributed by atoms with van der Waals surface area (Å²) in [7, 11) is 0. The molecular formula is C22H24N4O. The van der Waals surface area contributed by atoms with Gasteiger partial charge < -0.3 is 10.2 Å². The number of nitrogens with one attached hydrogen (secondary N) is 1. The predicted molar refractivity (Wildman–Crippen MR) is 109 cm³/mol. The number of aromatic nitrogens is 2. The second kappa shape index (κ2) is 8.45. The molecule has 1 heterocycles. The zero-order chi connectivity index (χ0) is 19.2. The van der Waals surface area contributed by atoms with E-state index in [1.807, 2.05) is 56.3 Å². The number of carbonyl (C=O) groups is 1. The van der Waals surface area contributed by atoms with Crippen LogP contribution in [0.2, 0.25) is 0 Å². The van der Waals surface area contributed by atoms with Crippen molar-refractivity contribution in [1.29, 1.82) is 0 Å². The van der Waals surface area contributed by atoms with Crippen LogP contribution in [-0.2, 0) is 6.54 Å². The van der Waals surface area contributed by atoms with Crippen LogP contribution < -0.4 is 10.2 Å². The zero-order valence-electron chi connectivity index (χ0n) is 15.9. The highest BCUT2D eigenvalue weighted by Gasteiger charge is 2.15. The summed E-state index contributed by atoms with van der Waals surface area (Å²) in [6, 6.07) is 19.7. The van der Waals surface area contributed by atoms with Crippen molar-refractivity contribution in [1.82, 2.24) is 9.97 Å². The van der Waals surface area contributed by atoms with E-state index in [1.54, 1.807) is 6.07 Å². The third-order valence-electron chi connectivity index (χ3n) is 4.37. The number of benzene rings is 2. The first kappa shape index (κ1) is 18.6. The van der Waals surface area contributed by atoms with Gasteiger partial charge in [-0.1, -0.05) is 48.5 Å². The van der Waals surface area contributed by atoms with Crippen LogP contribution in [0.5, 0.6) is 0 Å². The number of aryl methyl sites for hydroxylation is 2. The maximum absolute atomic E-state index is 12.7. The van der Waals surface area contributed by atoms with Gasteiger partial charge in [-0.3, -0.25) is 4.79 Å². The summed E-state index contributed by atoms with van der Waals surface area (Å²) in [6.45, 7) is 7.36. The number of rotatable bonds is 6. The topological polar surface area (TPSA) is 58.1 Å². The lowest BCUT2D eigenvalue weighted by molar-refractivity contribution is 0.102. The summed E-state index contributed by atoms with van der Waals surface area (Å²) in [5, 5.41) is 2.94. The van der Waals surface area contributed by atoms with E-state index in [-0.39, 0.29) is 5.91 Å². The van der Waals surface area contributed by atoms with Crippen molar-refractivity contribution in [2.24, 2.45) is 0 Å². The molecule has 0 aliphatic carbocycles. The average Bonchev–Trinajstić information content (AvgIpc) is 2.68. The molecule has 5 heteroatoms. The van der Waals surface area contributed by atoms with E-state index in [4.69, 9.17) is 0 Å². The molecule has 0 saturated heterocycles. The molecule has 3 aromatic rings. The normalized spacial score (nSPS) is 10.5. The maximum atomic E-state index is 12.7. The fraction of sp³-hybridized carbons (Fsp3) is 0.227. The van der Waals surface area contributed by atoms with E-state index < -0.39 is 0 Å². The van der Waals surface area contributed by atoms with Crippen molar-refractivity contribution >= 4 is 17.4 Å². The molecule has 0 saturated carbocycles. The molecule has 27 heavy (non-hydrogen) atoms. The Labute approximate surface area is 160 Å². The van der Waals surface area contributed by atoms with Crippen molar-refractivity contribution in [2.75, 3.05) is 16.8 Å². The highest BCUT2D eigenvalue weighted by molar-refractivity contribution is 6.03. The van der Waals surface area contributed by atoms with Crippen molar-refractivity contribution in [3.8, 4) is 0 Å². The van der Waals surface area contributed by atoms with Crippen molar-refractivity contribution < 1.29 is 4.79 Å². The SMILES string of the molecule is CCN(Cc1ccccc1)c1cc(C(=O)Nc2ccccc2C)nc(C)n1. The summed E-state index contributed by atoms with van der Waals surface area (Å²) in [4.78, 5) is 23.7. The van der Waals surface area contributed by atoms with E-state index >= 15 is 0 Å². The maximum Gasteiger partial charge on any atom is 0.274 e. The summed E-state index contributed by atoms with van der Waals surface area (Å²) in [5.74, 6) is 1.10. The molecule has 0 unspecified atom stereocenters. The lowest BCUT2D eigenvalue weighted by atomic mass is 10.2. The van der Waals surface area contributed by atoms with Crippen molar-refractivity contribution in [2.45, 2.75) is 27.3 Å². The molecule has 5 nitrogen and oxygen atoms in total. The van der Waals surface area contributed by atoms with Gasteiger partial charge in [0.15, 0.2) is 0 Å². The molecule has 1 N–H and O–H groups in total. The summed E-state index contributed by atoms with van der Waals surface area (Å²) in [5.41, 5.74) is 3.36. The van der Waals surface area contributed by atoms with Gasteiger partial charge in [-0.2, -0.15) is 0 Å². The first-order chi connectivity index (χ1) is 13.1. The average molecular weight is 360 g/mol. The smallest absolute Gasteiger partial charge is 0.274 e. The van der Waals surface area contributed by atoms with Gasteiger partial charge in [0.05, 0.1) is 0 Å². The monoisotopic (exact) mass is 360 g/mol. The second-order valence-corrected chi connectivity index (χ2v) is 6.43. The Kier molecular flexibility index (Phi) is 5.81. The zero-order valence-corrected chi connectivity index (χ0v) is 15.9. The fourth-order valence-corrected chi connectivity index (χ4v) is 2.89. The molecule has 138 valence electrons. The van der Waals surface area contributed by atoms with Gasteiger partial charge in [0.1, 0.15) is 17.3 Å². The van der Waals surface area contributed by atoms with Gasteiger partial charge in [0.25, 0.3) is 5.91 Å². The van der Waals surface area contributed by atoms with Crippen LogP contribution in [0.4, 0.5) is 11.5 Å². The Morgan fingerprint density at radius 2 is 1.70 bits per heavy atom. The first-order valence-corrected chi connectivity index (χ1v) is 9.08. The van der Waals surface area contributed by atoms with Crippen LogP contribution in [0.25, 0.3) is 0 Å². The van der Waals surface area contributed by atoms with Crippen LogP contribution in [0, 0.1) is 13.8 Å². The number of amides is 1. The molecule has 0 aliphatic rings. The highest BCUT2D eigenvalue weighted by atomic mass is 16.1. The van der Waals surface area contributed by atoms with E-state index in [0.717, 1.165) is 30.2 Å². The van der Waals surface area contributed by atoms with Crippen molar-refractivity contribution in [3.63, 3.8) is 0 Å². The number of nitrogens with zero attached hydrogens (tertiary/aromatic N) is 3. The third kappa shape index (κ3) is 4.70. The van der Waals surface area contributed by atoms with Crippen LogP contribution >= 0.6 is 0 Å². The number of carbonyl (C=O) groups excluding carboxylic acids is 1. The van der Waals surface area contributed by atoms with Crippen LogP contribution in [-0.4, -0.2) is 22.4 Å². The standard InChI is InChI=1S/C22H24N4O/c1-4-26(15-18-11-6-5-7-12-18)21-14-20(23-17(3)24-21)22(27)25-19-13-9-8-10-16(19)2/h5-14H,4,15H2,1-3H3,(H,25,27). The van der Waals surface area contributed by atoms with Crippen LogP contribution in [0.3, 0.4) is 0 Å². The number of hydrogen-bond donors (Lipinski definition) is 1. The molecule has 0 radical (unpaired) electrons. The largest absolute Gasteiger partial charge is 0.352 e. The van der Waals surface area contributed by atoms with E-state index in [2.05, 4.69) is 39.2 Å². The minimum Gasteiger partial charge on any atom is -0.352 e. The minimum absolute atomic E-state index is 0.230. The van der Waals surface area contributed by atoms with Gasteiger partial charge in [0, 0.05) is 24.8 Å². The third-order valence-corrected chi connectivity index (χ3v) is 4.37. The summed E-state index contributed by atoms with van der Waals surface area (Å²) < 4.78 is 0. The van der Waals surface area contributed by atoms with E-state index in [1.165, 1.54) is 5.56 Å². The summed E-state index contributed by atoms with van der Waals surface area (Å²) in [6.07, 6.45) is 0. The molecule has 1 amide bonds. The highest BCUT2D eigenvalue weighted by Crippen LogP contribution is 2.18. The minimum atomic E-state index is -0.230. The van der Waals surface area contributed by atoms with Crippen LogP contribution in [0.1, 0.15) is 34.4 Å². The Bertz CT molecular complexity index is 925. The van der Waals surface area contributed by atoms with Crippen molar-refractivity contribution in [3.05, 3.63) is 83.3 Å². The van der Waals surface area contributed by atoms with Gasteiger partial charge in [-0.15, -0.1) is 0 Å². The molecular weight excluding hydrogens is 336 g/mol. The molecule has 1 aromatic heterocycles. The Balaban J connectivity index is 1.84. The van der Waals surface area contributed by atoms with Gasteiger partial charge in [0.2, 0.25) is 0 Å². The van der Waals surface area contributed by atoms with E-state index in [9.17, 15) is 4.79 Å². The molecule has 0 fully saturated rings. The molecule has 0 bridgehead atoms. The Morgan fingerprint density at radius 3 is 2.41 bits per heavy atom. The fourth-order valence-electron chi connectivity index (χ4n) is 2.89. The predicted octanol–water partition coefficient (Wildman–Crippen LogP) is 4.37. The van der Waals surface area contributed by atoms with Gasteiger partial charge in [-0.05, 0) is 38.0 Å².